The van der Waals surface area contributed by atoms with Crippen LogP contribution in [-0.4, -0.2) is 50.1 Å². The van der Waals surface area contributed by atoms with Gasteiger partial charge in [0, 0.05) is 25.5 Å². The number of methoxy groups -OCH3 is 1. The molecule has 9 heteroatoms. The normalized spacial score (nSPS) is 15.8. The molecule has 0 bridgehead atoms. The van der Waals surface area contributed by atoms with Crippen molar-refractivity contribution in [2.24, 2.45) is 0 Å². The number of nitrogens with one attached hydrogen (secondary N) is 1. The summed E-state index contributed by atoms with van der Waals surface area (Å²) < 4.78 is 7.04. The maximum Gasteiger partial charge on any atom is 0.274 e. The quantitative estimate of drug-likeness (QED) is 0.618. The van der Waals surface area contributed by atoms with Crippen LogP contribution in [0.15, 0.2) is 42.7 Å². The van der Waals surface area contributed by atoms with E-state index in [-0.39, 0.29) is 17.9 Å². The molecule has 3 aromatic rings. The van der Waals surface area contributed by atoms with Crippen molar-refractivity contribution >= 4 is 17.5 Å². The molecular weight excluding hydrogens is 420 g/mol. The third-order valence-corrected chi connectivity index (χ3v) is 5.84. The van der Waals surface area contributed by atoms with Crippen molar-refractivity contribution in [3.05, 3.63) is 65.5 Å². The lowest BCUT2D eigenvalue weighted by Gasteiger charge is -2.34. The van der Waals surface area contributed by atoms with Gasteiger partial charge in [0.15, 0.2) is 5.82 Å². The first-order valence-corrected chi connectivity index (χ1v) is 11.1. The van der Waals surface area contributed by atoms with E-state index in [2.05, 4.69) is 20.4 Å². The molecule has 1 aliphatic heterocycles. The van der Waals surface area contributed by atoms with Crippen molar-refractivity contribution in [3.8, 4) is 5.75 Å². The molecule has 0 saturated carbocycles. The molecule has 1 aromatic carbocycles. The van der Waals surface area contributed by atoms with Crippen LogP contribution in [0.5, 0.6) is 5.75 Å². The summed E-state index contributed by atoms with van der Waals surface area (Å²) in [7, 11) is 1.55. The topological polar surface area (TPSA) is 102 Å². The minimum Gasteiger partial charge on any atom is -0.495 e. The van der Waals surface area contributed by atoms with E-state index in [0.29, 0.717) is 47.3 Å². The number of para-hydroxylation sites is 2. The van der Waals surface area contributed by atoms with E-state index in [0.717, 1.165) is 19.3 Å². The highest BCUT2D eigenvalue weighted by atomic mass is 16.5. The number of likely N-dealkylation sites (tertiary alicyclic amines) is 1. The lowest BCUT2D eigenvalue weighted by Crippen LogP contribution is -2.39. The Morgan fingerprint density at radius 3 is 2.76 bits per heavy atom. The zero-order valence-electron chi connectivity index (χ0n) is 19.1. The van der Waals surface area contributed by atoms with Crippen molar-refractivity contribution in [2.45, 2.75) is 45.7 Å². The second-order valence-corrected chi connectivity index (χ2v) is 7.95. The van der Waals surface area contributed by atoms with E-state index < -0.39 is 0 Å². The summed E-state index contributed by atoms with van der Waals surface area (Å²) in [5.41, 5.74) is 1.93. The maximum atomic E-state index is 13.2. The Labute approximate surface area is 192 Å². The van der Waals surface area contributed by atoms with Gasteiger partial charge in [-0.15, -0.1) is 0 Å². The van der Waals surface area contributed by atoms with E-state index in [1.165, 1.54) is 6.20 Å². The zero-order valence-corrected chi connectivity index (χ0v) is 19.1. The summed E-state index contributed by atoms with van der Waals surface area (Å²) in [6.45, 7) is 5.09. The first kappa shape index (κ1) is 22.4. The predicted molar refractivity (Wildman–Crippen MR) is 123 cm³/mol. The number of rotatable bonds is 6. The Morgan fingerprint density at radius 1 is 1.21 bits per heavy atom. The molecule has 1 atom stereocenters. The molecule has 0 spiro atoms. The molecule has 9 nitrogen and oxygen atoms in total. The molecule has 172 valence electrons. The van der Waals surface area contributed by atoms with Crippen molar-refractivity contribution in [2.75, 3.05) is 19.0 Å². The van der Waals surface area contributed by atoms with Crippen molar-refractivity contribution in [1.82, 2.24) is 24.6 Å². The lowest BCUT2D eigenvalue weighted by atomic mass is 10.0. The fraction of sp³-hybridized carbons (Fsp3) is 0.375. The molecule has 1 fully saturated rings. The zero-order chi connectivity index (χ0) is 23.4. The monoisotopic (exact) mass is 448 g/mol. The van der Waals surface area contributed by atoms with Crippen molar-refractivity contribution in [1.29, 1.82) is 0 Å². The van der Waals surface area contributed by atoms with Gasteiger partial charge in [0.05, 0.1) is 30.1 Å². The molecule has 0 radical (unpaired) electrons. The highest BCUT2D eigenvalue weighted by molar-refractivity contribution is 6.05. The van der Waals surface area contributed by atoms with Crippen LogP contribution in [0.25, 0.3) is 0 Å². The fourth-order valence-electron chi connectivity index (χ4n) is 4.05. The van der Waals surface area contributed by atoms with Gasteiger partial charge in [-0.3, -0.25) is 14.3 Å². The summed E-state index contributed by atoms with van der Waals surface area (Å²) >= 11 is 0. The van der Waals surface area contributed by atoms with Crippen LogP contribution >= 0.6 is 0 Å². The first-order chi connectivity index (χ1) is 16.0. The highest BCUT2D eigenvalue weighted by Crippen LogP contribution is 2.30. The molecular formula is C24H28N6O3. The minimum absolute atomic E-state index is 0.119. The SMILES string of the molecule is CCn1ccc(C(=O)N2CCCCC2c2ncc(C(=O)Nc3ccccc3OC)c(C)n2)n1. The molecule has 2 aromatic heterocycles. The summed E-state index contributed by atoms with van der Waals surface area (Å²) in [6.07, 6.45) is 6.02. The molecule has 33 heavy (non-hydrogen) atoms. The van der Waals surface area contributed by atoms with Crippen LogP contribution < -0.4 is 10.1 Å². The Bertz CT molecular complexity index is 1160. The van der Waals surface area contributed by atoms with Gasteiger partial charge in [0.25, 0.3) is 11.8 Å². The number of ether oxygens (including phenoxy) is 1. The van der Waals surface area contributed by atoms with Crippen LogP contribution in [0.4, 0.5) is 5.69 Å². The second kappa shape index (κ2) is 9.81. The Kier molecular flexibility index (Phi) is 6.67. The largest absolute Gasteiger partial charge is 0.495 e. The van der Waals surface area contributed by atoms with Gasteiger partial charge in [0.2, 0.25) is 0 Å². The molecule has 1 N–H and O–H groups in total. The summed E-state index contributed by atoms with van der Waals surface area (Å²) in [5, 5.41) is 7.22. The van der Waals surface area contributed by atoms with Crippen LogP contribution in [0, 0.1) is 6.92 Å². The highest BCUT2D eigenvalue weighted by Gasteiger charge is 2.32. The number of carbonyl (C=O) groups is 2. The molecule has 1 unspecified atom stereocenters. The maximum absolute atomic E-state index is 13.2. The van der Waals surface area contributed by atoms with Gasteiger partial charge >= 0.3 is 0 Å². The number of piperidine rings is 1. The van der Waals surface area contributed by atoms with Crippen molar-refractivity contribution in [3.63, 3.8) is 0 Å². The number of benzene rings is 1. The number of amides is 2. The third kappa shape index (κ3) is 4.72. The summed E-state index contributed by atoms with van der Waals surface area (Å²) in [4.78, 5) is 36.9. The number of anilines is 1. The van der Waals surface area contributed by atoms with Crippen LogP contribution in [0.2, 0.25) is 0 Å². The van der Waals surface area contributed by atoms with Gasteiger partial charge in [-0.25, -0.2) is 9.97 Å². The van der Waals surface area contributed by atoms with Gasteiger partial charge in [-0.2, -0.15) is 5.10 Å². The summed E-state index contributed by atoms with van der Waals surface area (Å²) in [5.74, 6) is 0.684. The standard InChI is InChI=1S/C24H28N6O3/c1-4-29-14-12-19(28-29)24(32)30-13-8-7-10-20(30)22-25-15-17(16(2)26-22)23(31)27-18-9-5-6-11-21(18)33-3/h5-6,9,11-12,14-15,20H,4,7-8,10,13H2,1-3H3,(H,27,31). The number of aryl methyl sites for hydroxylation is 2. The molecule has 0 aliphatic carbocycles. The number of nitrogens with zero attached hydrogens (tertiary/aromatic N) is 5. The third-order valence-electron chi connectivity index (χ3n) is 5.84. The Balaban J connectivity index is 1.55. The molecule has 1 saturated heterocycles. The predicted octanol–water partition coefficient (Wildman–Crippen LogP) is 3.63. The lowest BCUT2D eigenvalue weighted by molar-refractivity contribution is 0.0592. The molecule has 2 amide bonds. The first-order valence-electron chi connectivity index (χ1n) is 11.1. The van der Waals surface area contributed by atoms with Gasteiger partial charge in [-0.05, 0) is 51.3 Å². The smallest absolute Gasteiger partial charge is 0.274 e. The average Bonchev–Trinajstić information content (AvgIpc) is 3.33. The number of hydrogen-bond acceptors (Lipinski definition) is 6. The Morgan fingerprint density at radius 2 is 2.03 bits per heavy atom. The van der Waals surface area contributed by atoms with E-state index in [4.69, 9.17) is 4.74 Å². The van der Waals surface area contributed by atoms with E-state index >= 15 is 0 Å². The average molecular weight is 449 g/mol. The minimum atomic E-state index is -0.315. The van der Waals surface area contributed by atoms with E-state index in [1.807, 2.05) is 25.3 Å². The van der Waals surface area contributed by atoms with Crippen LogP contribution in [-0.2, 0) is 6.54 Å². The van der Waals surface area contributed by atoms with E-state index in [9.17, 15) is 9.59 Å². The second-order valence-electron chi connectivity index (χ2n) is 7.95. The summed E-state index contributed by atoms with van der Waals surface area (Å²) in [6, 6.07) is 8.70. The fourth-order valence-corrected chi connectivity index (χ4v) is 4.05. The Hall–Kier alpha value is -3.75. The van der Waals surface area contributed by atoms with Gasteiger partial charge < -0.3 is 15.0 Å². The van der Waals surface area contributed by atoms with E-state index in [1.54, 1.807) is 41.8 Å². The molecule has 1 aliphatic rings. The van der Waals surface area contributed by atoms with Crippen LogP contribution in [0.1, 0.15) is 64.6 Å². The molecule has 3 heterocycles. The van der Waals surface area contributed by atoms with Crippen LogP contribution in [0.3, 0.4) is 0 Å². The van der Waals surface area contributed by atoms with Gasteiger partial charge in [0.1, 0.15) is 11.4 Å². The molecule has 4 rings (SSSR count). The number of carbonyl (C=O) groups excluding carboxylic acids is 2. The number of hydrogen-bond donors (Lipinski definition) is 1. The number of aromatic nitrogens is 4. The van der Waals surface area contributed by atoms with Crippen molar-refractivity contribution < 1.29 is 14.3 Å². The van der Waals surface area contributed by atoms with Gasteiger partial charge in [-0.1, -0.05) is 12.1 Å².